The van der Waals surface area contributed by atoms with Gasteiger partial charge in [-0.05, 0) is 40.8 Å². The Hall–Kier alpha value is -6.59. The number of nitrogens with zero attached hydrogens (tertiary/aromatic N) is 2. The van der Waals surface area contributed by atoms with Gasteiger partial charge in [-0.1, -0.05) is 127 Å². The summed E-state index contributed by atoms with van der Waals surface area (Å²) < 4.78 is 12.5. The van der Waals surface area contributed by atoms with Crippen LogP contribution in [-0.4, -0.2) is 17.9 Å². The minimum Gasteiger partial charge on any atom is -0.456 e. The maximum atomic E-state index is 9.25. The number of rotatable bonds is 4. The summed E-state index contributed by atoms with van der Waals surface area (Å²) in [6.07, 6.45) is 1.83. The molecule has 0 aliphatic carbocycles. The Morgan fingerprint density at radius 3 is 2.04 bits per heavy atom. The summed E-state index contributed by atoms with van der Waals surface area (Å²) >= 11 is 0. The molecule has 0 saturated carbocycles. The Labute approximate surface area is 275 Å². The van der Waals surface area contributed by atoms with Crippen LogP contribution in [0.1, 0.15) is 16.7 Å². The fourth-order valence-electron chi connectivity index (χ4n) is 6.57. The van der Waals surface area contributed by atoms with Crippen LogP contribution in [0, 0.1) is 5.41 Å². The first-order chi connectivity index (χ1) is 23.7. The molecule has 0 aliphatic heterocycles. The van der Waals surface area contributed by atoms with Crippen LogP contribution in [0.4, 0.5) is 0 Å². The minimum atomic E-state index is 0.101. The molecule has 0 atom stereocenters. The Balaban J connectivity index is 1.20. The molecule has 226 valence electrons. The van der Waals surface area contributed by atoms with Crippen LogP contribution >= 0.6 is 0 Å². The first-order valence-corrected chi connectivity index (χ1v) is 15.8. The van der Waals surface area contributed by atoms with E-state index in [4.69, 9.17) is 18.8 Å². The van der Waals surface area contributed by atoms with Crippen molar-refractivity contribution >= 4 is 72.5 Å². The van der Waals surface area contributed by atoms with Crippen LogP contribution in [-0.2, 0) is 0 Å². The van der Waals surface area contributed by atoms with Crippen molar-refractivity contribution in [1.29, 1.82) is 5.41 Å². The van der Waals surface area contributed by atoms with Gasteiger partial charge in [-0.3, -0.25) is 5.41 Å². The molecule has 0 saturated heterocycles. The summed E-state index contributed by atoms with van der Waals surface area (Å²) in [6, 6.07) is 50.6. The molecule has 0 fully saturated rings. The number of benzene rings is 7. The third kappa shape index (κ3) is 4.68. The van der Waals surface area contributed by atoms with Crippen LogP contribution in [0.15, 0.2) is 170 Å². The quantitative estimate of drug-likeness (QED) is 0.158. The fourth-order valence-corrected chi connectivity index (χ4v) is 6.57. The van der Waals surface area contributed by atoms with E-state index in [0.717, 1.165) is 76.9 Å². The lowest BCUT2D eigenvalue weighted by Gasteiger charge is -2.08. The third-order valence-corrected chi connectivity index (χ3v) is 8.87. The molecule has 0 aliphatic rings. The molecule has 0 bridgehead atoms. The second kappa shape index (κ2) is 11.3. The van der Waals surface area contributed by atoms with Gasteiger partial charge in [0.25, 0.3) is 0 Å². The zero-order chi connectivity index (χ0) is 32.0. The number of amidine groups is 2. The maximum Gasteiger partial charge on any atom is 0.161 e. The molecular formula is C43H27N3O2. The summed E-state index contributed by atoms with van der Waals surface area (Å²) in [5.74, 6) is 0.530. The van der Waals surface area contributed by atoms with Gasteiger partial charge in [0.05, 0.1) is 0 Å². The molecule has 0 amide bonds. The van der Waals surface area contributed by atoms with Crippen LogP contribution < -0.4 is 0 Å². The highest BCUT2D eigenvalue weighted by Crippen LogP contribution is 2.35. The fraction of sp³-hybridized carbons (Fsp3) is 0. The van der Waals surface area contributed by atoms with E-state index >= 15 is 0 Å². The molecule has 1 N–H and O–H groups in total. The number of nitrogens with one attached hydrogen (secondary N) is 1. The van der Waals surface area contributed by atoms with Gasteiger partial charge in [-0.25, -0.2) is 9.98 Å². The summed E-state index contributed by atoms with van der Waals surface area (Å²) in [6.45, 7) is 0. The molecule has 2 heterocycles. The number of aliphatic imine (C=N–C) groups is 2. The van der Waals surface area contributed by atoms with Crippen LogP contribution in [0.2, 0.25) is 0 Å². The van der Waals surface area contributed by atoms with Gasteiger partial charge >= 0.3 is 0 Å². The molecule has 5 heteroatoms. The molecule has 2 aromatic heterocycles. The number of para-hydroxylation sites is 2. The van der Waals surface area contributed by atoms with E-state index < -0.39 is 0 Å². The monoisotopic (exact) mass is 617 g/mol. The van der Waals surface area contributed by atoms with Crippen LogP contribution in [0.5, 0.6) is 0 Å². The van der Waals surface area contributed by atoms with E-state index in [1.54, 1.807) is 0 Å². The molecule has 0 spiro atoms. The minimum absolute atomic E-state index is 0.101. The van der Waals surface area contributed by atoms with Crippen molar-refractivity contribution in [1.82, 2.24) is 0 Å². The van der Waals surface area contributed by atoms with E-state index in [9.17, 15) is 5.41 Å². The van der Waals surface area contributed by atoms with Crippen molar-refractivity contribution in [3.63, 3.8) is 0 Å². The average molecular weight is 618 g/mol. The van der Waals surface area contributed by atoms with Crippen molar-refractivity contribution in [3.8, 4) is 11.1 Å². The number of hydrogen-bond acceptors (Lipinski definition) is 3. The highest BCUT2D eigenvalue weighted by molar-refractivity contribution is 6.23. The Morgan fingerprint density at radius 2 is 1.21 bits per heavy atom. The number of furan rings is 2. The topological polar surface area (TPSA) is 74.8 Å². The van der Waals surface area contributed by atoms with Crippen molar-refractivity contribution in [2.24, 2.45) is 9.98 Å². The van der Waals surface area contributed by atoms with Gasteiger partial charge < -0.3 is 8.83 Å². The zero-order valence-corrected chi connectivity index (χ0v) is 25.7. The zero-order valence-electron chi connectivity index (χ0n) is 25.7. The summed E-state index contributed by atoms with van der Waals surface area (Å²) in [7, 11) is 0. The van der Waals surface area contributed by atoms with Crippen LogP contribution in [0.3, 0.4) is 0 Å². The van der Waals surface area contributed by atoms with Gasteiger partial charge in [0, 0.05) is 49.8 Å². The lowest BCUT2D eigenvalue weighted by Crippen LogP contribution is -2.05. The molecule has 7 aromatic carbocycles. The number of fused-ring (bicyclic) bond motifs is 8. The highest BCUT2D eigenvalue weighted by atomic mass is 16.3. The molecule has 0 radical (unpaired) electrons. The van der Waals surface area contributed by atoms with Crippen molar-refractivity contribution < 1.29 is 8.83 Å². The molecule has 5 nitrogen and oxygen atoms in total. The van der Waals surface area contributed by atoms with Gasteiger partial charge in [0.15, 0.2) is 11.7 Å². The normalized spacial score (nSPS) is 12.3. The smallest absolute Gasteiger partial charge is 0.161 e. The maximum absolute atomic E-state index is 9.25. The van der Waals surface area contributed by atoms with E-state index in [1.807, 2.05) is 109 Å². The van der Waals surface area contributed by atoms with Gasteiger partial charge in [-0.2, -0.15) is 0 Å². The largest absolute Gasteiger partial charge is 0.456 e. The van der Waals surface area contributed by atoms with Gasteiger partial charge in [-0.15, -0.1) is 0 Å². The third-order valence-electron chi connectivity index (χ3n) is 8.87. The molecule has 9 aromatic rings. The predicted molar refractivity (Wildman–Crippen MR) is 198 cm³/mol. The summed E-state index contributed by atoms with van der Waals surface area (Å²) in [4.78, 5) is 9.88. The Morgan fingerprint density at radius 1 is 0.521 bits per heavy atom. The van der Waals surface area contributed by atoms with Crippen molar-refractivity contribution in [2.75, 3.05) is 0 Å². The molecular weight excluding hydrogens is 590 g/mol. The lowest BCUT2D eigenvalue weighted by molar-refractivity contribution is 0.669. The first kappa shape index (κ1) is 27.7. The SMILES string of the molecule is N=C(N=C(N=Cc1cccc2ccc3c4ccccc4oc3c12)c1ccc(-c2ccccc2)cc1)c1cccc2oc3ccccc3c12. The van der Waals surface area contributed by atoms with E-state index in [0.29, 0.717) is 11.4 Å². The van der Waals surface area contributed by atoms with Gasteiger partial charge in [0.2, 0.25) is 0 Å². The van der Waals surface area contributed by atoms with Crippen LogP contribution in [0.25, 0.3) is 65.8 Å². The first-order valence-electron chi connectivity index (χ1n) is 15.8. The average Bonchev–Trinajstić information content (AvgIpc) is 3.72. The second-order valence-electron chi connectivity index (χ2n) is 11.7. The Kier molecular flexibility index (Phi) is 6.54. The Bertz CT molecular complexity index is 2730. The summed E-state index contributed by atoms with van der Waals surface area (Å²) in [5.41, 5.74) is 7.77. The lowest BCUT2D eigenvalue weighted by atomic mass is 10.0. The predicted octanol–water partition coefficient (Wildman–Crippen LogP) is 11.2. The molecule has 0 unspecified atom stereocenters. The highest BCUT2D eigenvalue weighted by Gasteiger charge is 2.16. The van der Waals surface area contributed by atoms with Gasteiger partial charge in [0.1, 0.15) is 22.3 Å². The second-order valence-corrected chi connectivity index (χ2v) is 11.7. The van der Waals surface area contributed by atoms with E-state index in [2.05, 4.69) is 48.5 Å². The van der Waals surface area contributed by atoms with E-state index in [1.165, 1.54) is 0 Å². The molecule has 9 rings (SSSR count). The summed E-state index contributed by atoms with van der Waals surface area (Å²) in [5, 5.41) is 15.2. The number of hydrogen-bond donors (Lipinski definition) is 1. The molecule has 48 heavy (non-hydrogen) atoms. The van der Waals surface area contributed by atoms with Crippen molar-refractivity contribution in [3.05, 3.63) is 168 Å². The standard InChI is InChI=1S/C43H27N3O2/c44-42(35-16-9-19-38-40(35)34-15-5-7-18-37(34)47-38)46-43(30-22-20-28(21-23-30)27-10-2-1-3-11-27)45-26-31-13-8-12-29-24-25-33-32-14-4-6-17-36(32)48-41(33)39(29)31/h1-26,44H. The van der Waals surface area contributed by atoms with E-state index in [-0.39, 0.29) is 5.84 Å². The van der Waals surface area contributed by atoms with Crippen molar-refractivity contribution in [2.45, 2.75) is 0 Å².